The first kappa shape index (κ1) is 21.9. The number of hydrogen-bond donors (Lipinski definition) is 1. The lowest BCUT2D eigenvalue weighted by molar-refractivity contribution is 0.0913. The molecule has 1 N–H and O–H groups in total. The van der Waals surface area contributed by atoms with E-state index in [0.29, 0.717) is 12.5 Å². The lowest BCUT2D eigenvalue weighted by atomic mass is 9.93. The summed E-state index contributed by atoms with van der Waals surface area (Å²) < 4.78 is 15.9. The molecule has 7 nitrogen and oxygen atoms in total. The van der Waals surface area contributed by atoms with E-state index in [1.165, 1.54) is 5.56 Å². The number of para-hydroxylation sites is 1. The van der Waals surface area contributed by atoms with Crippen LogP contribution in [0.3, 0.4) is 0 Å². The number of nitrogens with one attached hydrogen (secondary N) is 1. The Kier molecular flexibility index (Phi) is 7.07. The topological polar surface area (TPSA) is 76.8 Å². The Morgan fingerprint density at radius 1 is 1.09 bits per heavy atom. The zero-order valence-electron chi connectivity index (χ0n) is 18.5. The first-order valence-electron chi connectivity index (χ1n) is 10.9. The van der Waals surface area contributed by atoms with Gasteiger partial charge in [0, 0.05) is 30.6 Å². The van der Waals surface area contributed by atoms with Crippen LogP contribution in [0, 0.1) is 0 Å². The second kappa shape index (κ2) is 10.3. The van der Waals surface area contributed by atoms with Crippen molar-refractivity contribution in [2.75, 3.05) is 27.3 Å². The largest absolute Gasteiger partial charge is 0.497 e. The minimum absolute atomic E-state index is 0.246. The number of ether oxygens (including phenoxy) is 2. The molecule has 1 aromatic heterocycles. The van der Waals surface area contributed by atoms with Crippen LogP contribution in [0.1, 0.15) is 46.1 Å². The average Bonchev–Trinajstić information content (AvgIpc) is 3.34. The standard InChI is InChI=1S/C25H29N3O4/c1-30-21-9-7-18(8-10-21)17-28-13-11-19(12-14-28)22-15-24(32-27-22)25(29)26-16-20-5-3-4-6-23(20)31-2/h3-10,15,19H,11-14,16-17H2,1-2H3,(H,26,29). The number of nitrogens with zero attached hydrogens (tertiary/aromatic N) is 2. The van der Waals surface area contributed by atoms with Gasteiger partial charge in [-0.2, -0.15) is 0 Å². The maximum absolute atomic E-state index is 12.5. The Morgan fingerprint density at radius 3 is 2.56 bits per heavy atom. The SMILES string of the molecule is COc1ccc(CN2CCC(c3cc(C(=O)NCc4ccccc4OC)on3)CC2)cc1. The van der Waals surface area contributed by atoms with Crippen molar-refractivity contribution in [1.29, 1.82) is 0 Å². The predicted octanol–water partition coefficient (Wildman–Crippen LogP) is 4.00. The van der Waals surface area contributed by atoms with E-state index >= 15 is 0 Å². The summed E-state index contributed by atoms with van der Waals surface area (Å²) in [5, 5.41) is 7.06. The van der Waals surface area contributed by atoms with Crippen molar-refractivity contribution in [3.8, 4) is 11.5 Å². The van der Waals surface area contributed by atoms with Crippen LogP contribution in [0.15, 0.2) is 59.1 Å². The molecule has 0 aliphatic carbocycles. The third kappa shape index (κ3) is 5.29. The average molecular weight is 436 g/mol. The molecule has 1 saturated heterocycles. The van der Waals surface area contributed by atoms with E-state index in [0.717, 1.165) is 55.2 Å². The van der Waals surface area contributed by atoms with E-state index in [9.17, 15) is 4.79 Å². The zero-order valence-corrected chi connectivity index (χ0v) is 18.5. The number of piperidine rings is 1. The zero-order chi connectivity index (χ0) is 22.3. The highest BCUT2D eigenvalue weighted by molar-refractivity contribution is 5.91. The molecule has 0 atom stereocenters. The van der Waals surface area contributed by atoms with Crippen molar-refractivity contribution in [3.05, 3.63) is 77.2 Å². The number of amides is 1. The summed E-state index contributed by atoms with van der Waals surface area (Å²) in [7, 11) is 3.30. The van der Waals surface area contributed by atoms with Crippen molar-refractivity contribution in [1.82, 2.24) is 15.4 Å². The highest BCUT2D eigenvalue weighted by Crippen LogP contribution is 2.28. The molecule has 1 fully saturated rings. The smallest absolute Gasteiger partial charge is 0.290 e. The van der Waals surface area contributed by atoms with Gasteiger partial charge in [-0.15, -0.1) is 0 Å². The summed E-state index contributed by atoms with van der Waals surface area (Å²) in [4.78, 5) is 15.0. The molecule has 7 heteroatoms. The lowest BCUT2D eigenvalue weighted by Gasteiger charge is -2.31. The van der Waals surface area contributed by atoms with Crippen LogP contribution in [0.5, 0.6) is 11.5 Å². The number of rotatable bonds is 8. The van der Waals surface area contributed by atoms with E-state index in [1.807, 2.05) is 36.4 Å². The number of aromatic nitrogens is 1. The molecule has 2 heterocycles. The second-order valence-corrected chi connectivity index (χ2v) is 8.01. The molecule has 0 saturated carbocycles. The minimum Gasteiger partial charge on any atom is -0.497 e. The van der Waals surface area contributed by atoms with Gasteiger partial charge in [0.25, 0.3) is 5.91 Å². The molecule has 1 aliphatic heterocycles. The summed E-state index contributed by atoms with van der Waals surface area (Å²) in [5.74, 6) is 1.90. The summed E-state index contributed by atoms with van der Waals surface area (Å²) in [6.45, 7) is 3.26. The van der Waals surface area contributed by atoms with E-state index in [2.05, 4.69) is 27.5 Å². The van der Waals surface area contributed by atoms with Gasteiger partial charge in [-0.1, -0.05) is 35.5 Å². The van der Waals surface area contributed by atoms with Gasteiger partial charge >= 0.3 is 0 Å². The van der Waals surface area contributed by atoms with Gasteiger partial charge in [0.15, 0.2) is 0 Å². The monoisotopic (exact) mass is 435 g/mol. The number of carbonyl (C=O) groups excluding carboxylic acids is 1. The maximum atomic E-state index is 12.5. The van der Waals surface area contributed by atoms with Crippen molar-refractivity contribution in [2.45, 2.75) is 31.8 Å². The Hall–Kier alpha value is -3.32. The Morgan fingerprint density at radius 2 is 1.84 bits per heavy atom. The number of methoxy groups -OCH3 is 2. The molecule has 1 aliphatic rings. The highest BCUT2D eigenvalue weighted by Gasteiger charge is 2.25. The Bertz CT molecular complexity index is 1020. The normalized spacial score (nSPS) is 14.8. The van der Waals surface area contributed by atoms with Crippen molar-refractivity contribution in [2.24, 2.45) is 0 Å². The van der Waals surface area contributed by atoms with Crippen LogP contribution in [0.2, 0.25) is 0 Å². The molecule has 1 amide bonds. The fourth-order valence-corrected chi connectivity index (χ4v) is 4.08. The Labute approximate surface area is 188 Å². The summed E-state index contributed by atoms with van der Waals surface area (Å²) in [5.41, 5.74) is 3.04. The molecule has 32 heavy (non-hydrogen) atoms. The summed E-state index contributed by atoms with van der Waals surface area (Å²) in [6.07, 6.45) is 1.98. The van der Waals surface area contributed by atoms with E-state index < -0.39 is 0 Å². The van der Waals surface area contributed by atoms with Crippen molar-refractivity contribution in [3.63, 3.8) is 0 Å². The van der Waals surface area contributed by atoms with Gasteiger partial charge in [0.2, 0.25) is 5.76 Å². The van der Waals surface area contributed by atoms with Gasteiger partial charge in [-0.05, 0) is 49.7 Å². The van der Waals surface area contributed by atoms with Crippen molar-refractivity contribution >= 4 is 5.91 Å². The molecule has 168 valence electrons. The molecular formula is C25H29N3O4. The fourth-order valence-electron chi connectivity index (χ4n) is 4.08. The molecule has 2 aromatic carbocycles. The quantitative estimate of drug-likeness (QED) is 0.576. The molecule has 0 bridgehead atoms. The molecule has 0 radical (unpaired) electrons. The molecule has 3 aromatic rings. The van der Waals surface area contributed by atoms with Gasteiger partial charge in [-0.25, -0.2) is 0 Å². The van der Waals surface area contributed by atoms with Gasteiger partial charge in [-0.3, -0.25) is 9.69 Å². The number of benzene rings is 2. The highest BCUT2D eigenvalue weighted by atomic mass is 16.5. The number of likely N-dealkylation sites (tertiary alicyclic amines) is 1. The first-order chi connectivity index (χ1) is 15.7. The first-order valence-corrected chi connectivity index (χ1v) is 10.9. The summed E-state index contributed by atoms with van der Waals surface area (Å²) >= 11 is 0. The van der Waals surface area contributed by atoms with Crippen LogP contribution in [-0.2, 0) is 13.1 Å². The van der Waals surface area contributed by atoms with Crippen molar-refractivity contribution < 1.29 is 18.8 Å². The van der Waals surface area contributed by atoms with E-state index in [4.69, 9.17) is 14.0 Å². The van der Waals surface area contributed by atoms with Crippen LogP contribution < -0.4 is 14.8 Å². The number of hydrogen-bond acceptors (Lipinski definition) is 6. The van der Waals surface area contributed by atoms with Crippen LogP contribution in [0.4, 0.5) is 0 Å². The van der Waals surface area contributed by atoms with Gasteiger partial charge in [0.05, 0.1) is 19.9 Å². The molecule has 4 rings (SSSR count). The second-order valence-electron chi connectivity index (χ2n) is 8.01. The maximum Gasteiger partial charge on any atom is 0.290 e. The summed E-state index contributed by atoms with van der Waals surface area (Å²) in [6, 6.07) is 17.6. The molecular weight excluding hydrogens is 406 g/mol. The van der Waals surface area contributed by atoms with E-state index in [1.54, 1.807) is 20.3 Å². The van der Waals surface area contributed by atoms with Crippen LogP contribution in [0.25, 0.3) is 0 Å². The Balaban J connectivity index is 1.27. The number of carbonyl (C=O) groups is 1. The lowest BCUT2D eigenvalue weighted by Crippen LogP contribution is -2.32. The van der Waals surface area contributed by atoms with Gasteiger partial charge < -0.3 is 19.3 Å². The molecule has 0 spiro atoms. The molecule has 0 unspecified atom stereocenters. The third-order valence-corrected chi connectivity index (χ3v) is 5.96. The van der Waals surface area contributed by atoms with Crippen LogP contribution in [-0.4, -0.2) is 43.3 Å². The third-order valence-electron chi connectivity index (χ3n) is 5.96. The van der Waals surface area contributed by atoms with E-state index in [-0.39, 0.29) is 11.7 Å². The minimum atomic E-state index is -0.272. The predicted molar refractivity (Wildman–Crippen MR) is 121 cm³/mol. The van der Waals surface area contributed by atoms with Gasteiger partial charge in [0.1, 0.15) is 11.5 Å². The van der Waals surface area contributed by atoms with Crippen LogP contribution >= 0.6 is 0 Å². The fraction of sp³-hybridized carbons (Fsp3) is 0.360.